The lowest BCUT2D eigenvalue weighted by Crippen LogP contribution is -2.14. The Morgan fingerprint density at radius 2 is 1.77 bits per heavy atom. The van der Waals surface area contributed by atoms with E-state index < -0.39 is 0 Å². The number of benzene rings is 2. The number of ether oxygens (including phenoxy) is 1. The molecule has 5 aromatic heterocycles. The molecule has 210 valence electrons. The standard InChI is InChI=1S/C33H24FN7O2/c1-43-25-12-20(10-23(34)14-25)26-7-8-36-32-27(26)15-29(39-32)31-28-13-22(17-37-33(28)41-40-31)21-11-24(18-35-16-21)38-30(42)9-19-5-3-2-4-6-19/h2-8,10-18H,9H2,1H3,(H,36,39)(H,38,42)(H,37,40,41). The summed E-state index contributed by atoms with van der Waals surface area (Å²) in [6.45, 7) is 0. The van der Waals surface area contributed by atoms with Gasteiger partial charge in [-0.2, -0.15) is 5.10 Å². The Morgan fingerprint density at radius 1 is 0.907 bits per heavy atom. The molecule has 2 aromatic carbocycles. The van der Waals surface area contributed by atoms with E-state index in [4.69, 9.17) is 4.74 Å². The van der Waals surface area contributed by atoms with E-state index in [1.54, 1.807) is 30.9 Å². The molecule has 43 heavy (non-hydrogen) atoms. The van der Waals surface area contributed by atoms with Crippen LogP contribution in [0.15, 0.2) is 97.6 Å². The van der Waals surface area contributed by atoms with Crippen molar-refractivity contribution in [1.29, 1.82) is 0 Å². The molecule has 3 N–H and O–H groups in total. The van der Waals surface area contributed by atoms with Gasteiger partial charge in [0.1, 0.15) is 17.2 Å². The summed E-state index contributed by atoms with van der Waals surface area (Å²) in [7, 11) is 1.51. The molecule has 0 aliphatic carbocycles. The lowest BCUT2D eigenvalue weighted by Gasteiger charge is -2.07. The fourth-order valence-corrected chi connectivity index (χ4v) is 5.16. The topological polar surface area (TPSA) is 121 Å². The number of carbonyl (C=O) groups is 1. The maximum atomic E-state index is 14.3. The molecule has 0 radical (unpaired) electrons. The van der Waals surface area contributed by atoms with Gasteiger partial charge in [0.15, 0.2) is 5.65 Å². The molecule has 5 heterocycles. The summed E-state index contributed by atoms with van der Waals surface area (Å²) in [5.74, 6) is -0.0786. The van der Waals surface area contributed by atoms with Gasteiger partial charge in [-0.25, -0.2) is 14.4 Å². The maximum absolute atomic E-state index is 14.3. The molecule has 0 saturated heterocycles. The summed E-state index contributed by atoms with van der Waals surface area (Å²) >= 11 is 0. The van der Waals surface area contributed by atoms with Gasteiger partial charge in [0, 0.05) is 46.6 Å². The monoisotopic (exact) mass is 569 g/mol. The second-order valence-electron chi connectivity index (χ2n) is 10.1. The third kappa shape index (κ3) is 5.17. The Labute approximate surface area is 244 Å². The average molecular weight is 570 g/mol. The summed E-state index contributed by atoms with van der Waals surface area (Å²) in [5, 5.41) is 12.0. The van der Waals surface area contributed by atoms with Gasteiger partial charge in [-0.05, 0) is 53.1 Å². The number of hydrogen-bond acceptors (Lipinski definition) is 6. The van der Waals surface area contributed by atoms with Crippen LogP contribution in [-0.4, -0.2) is 43.2 Å². The van der Waals surface area contributed by atoms with Crippen molar-refractivity contribution < 1.29 is 13.9 Å². The lowest BCUT2D eigenvalue weighted by molar-refractivity contribution is -0.115. The number of carbonyl (C=O) groups excluding carboxylic acids is 1. The van der Waals surface area contributed by atoms with E-state index in [0.29, 0.717) is 28.3 Å². The number of aromatic nitrogens is 6. The first-order valence-electron chi connectivity index (χ1n) is 13.5. The highest BCUT2D eigenvalue weighted by molar-refractivity contribution is 6.00. The molecule has 9 nitrogen and oxygen atoms in total. The molecular formula is C33H24FN7O2. The Balaban J connectivity index is 1.22. The fourth-order valence-electron chi connectivity index (χ4n) is 5.16. The van der Waals surface area contributed by atoms with E-state index in [1.807, 2.05) is 54.6 Å². The Morgan fingerprint density at radius 3 is 2.63 bits per heavy atom. The number of amides is 1. The third-order valence-corrected chi connectivity index (χ3v) is 7.19. The quantitative estimate of drug-likeness (QED) is 0.200. The molecule has 0 unspecified atom stereocenters. The van der Waals surface area contributed by atoms with Gasteiger partial charge < -0.3 is 15.0 Å². The molecular weight excluding hydrogens is 545 g/mol. The van der Waals surface area contributed by atoms with Crippen LogP contribution in [0.5, 0.6) is 5.75 Å². The predicted molar refractivity (Wildman–Crippen MR) is 163 cm³/mol. The van der Waals surface area contributed by atoms with Gasteiger partial charge >= 0.3 is 0 Å². The van der Waals surface area contributed by atoms with Gasteiger partial charge in [0.25, 0.3) is 0 Å². The first-order valence-corrected chi connectivity index (χ1v) is 13.5. The second kappa shape index (κ2) is 10.8. The zero-order chi connectivity index (χ0) is 29.3. The van der Waals surface area contributed by atoms with Crippen molar-refractivity contribution in [2.24, 2.45) is 0 Å². The Hall–Kier alpha value is -5.90. The largest absolute Gasteiger partial charge is 0.497 e. The number of hydrogen-bond donors (Lipinski definition) is 3. The Kier molecular flexibility index (Phi) is 6.55. The zero-order valence-corrected chi connectivity index (χ0v) is 22.9. The molecule has 7 rings (SSSR count). The van der Waals surface area contributed by atoms with Crippen LogP contribution in [0.4, 0.5) is 10.1 Å². The number of halogens is 1. The van der Waals surface area contributed by atoms with E-state index in [-0.39, 0.29) is 18.1 Å². The molecule has 0 aliphatic rings. The normalized spacial score (nSPS) is 11.2. The fraction of sp³-hybridized carbons (Fsp3) is 0.0606. The number of rotatable bonds is 7. The van der Waals surface area contributed by atoms with Crippen LogP contribution in [-0.2, 0) is 11.2 Å². The minimum atomic E-state index is -0.387. The highest BCUT2D eigenvalue weighted by Crippen LogP contribution is 2.35. The number of nitrogens with zero attached hydrogens (tertiary/aromatic N) is 4. The number of anilines is 1. The van der Waals surface area contributed by atoms with Crippen molar-refractivity contribution in [3.8, 4) is 39.4 Å². The van der Waals surface area contributed by atoms with Crippen LogP contribution in [0.2, 0.25) is 0 Å². The van der Waals surface area contributed by atoms with Crippen molar-refractivity contribution in [2.75, 3.05) is 12.4 Å². The van der Waals surface area contributed by atoms with E-state index >= 15 is 0 Å². The molecule has 0 spiro atoms. The number of fused-ring (bicyclic) bond motifs is 2. The van der Waals surface area contributed by atoms with Crippen molar-refractivity contribution >= 4 is 33.7 Å². The van der Waals surface area contributed by atoms with Gasteiger partial charge in [-0.15, -0.1) is 0 Å². The van der Waals surface area contributed by atoms with Crippen molar-refractivity contribution in [3.63, 3.8) is 0 Å². The SMILES string of the molecule is COc1cc(F)cc(-c2ccnc3[nH]c(-c4[nH]nc5ncc(-c6cncc(NC(=O)Cc7ccccc7)c6)cc45)cc23)c1. The molecule has 7 aromatic rings. The number of pyridine rings is 3. The lowest BCUT2D eigenvalue weighted by atomic mass is 10.0. The van der Waals surface area contributed by atoms with Crippen molar-refractivity contribution in [1.82, 2.24) is 30.1 Å². The van der Waals surface area contributed by atoms with E-state index in [1.165, 1.54) is 19.2 Å². The molecule has 0 saturated carbocycles. The minimum absolute atomic E-state index is 0.126. The van der Waals surface area contributed by atoms with Gasteiger partial charge in [0.05, 0.1) is 36.8 Å². The minimum Gasteiger partial charge on any atom is -0.497 e. The smallest absolute Gasteiger partial charge is 0.228 e. The van der Waals surface area contributed by atoms with Crippen LogP contribution in [0.1, 0.15) is 5.56 Å². The zero-order valence-electron chi connectivity index (χ0n) is 22.9. The maximum Gasteiger partial charge on any atom is 0.228 e. The first kappa shape index (κ1) is 26.0. The molecule has 1 amide bonds. The molecule has 0 aliphatic heterocycles. The second-order valence-corrected chi connectivity index (χ2v) is 10.1. The number of methoxy groups -OCH3 is 1. The summed E-state index contributed by atoms with van der Waals surface area (Å²) < 4.78 is 19.6. The van der Waals surface area contributed by atoms with E-state index in [0.717, 1.165) is 44.4 Å². The van der Waals surface area contributed by atoms with Crippen LogP contribution in [0.25, 0.3) is 55.7 Å². The van der Waals surface area contributed by atoms with Gasteiger partial charge in [-0.1, -0.05) is 30.3 Å². The van der Waals surface area contributed by atoms with Gasteiger partial charge in [0.2, 0.25) is 5.91 Å². The first-order chi connectivity index (χ1) is 21.0. The Bertz CT molecular complexity index is 2120. The number of nitrogens with one attached hydrogen (secondary N) is 3. The number of H-pyrrole nitrogens is 2. The van der Waals surface area contributed by atoms with Crippen LogP contribution < -0.4 is 10.1 Å². The molecule has 0 fully saturated rings. The average Bonchev–Trinajstić information content (AvgIpc) is 3.65. The highest BCUT2D eigenvalue weighted by atomic mass is 19.1. The summed E-state index contributed by atoms with van der Waals surface area (Å²) in [6.07, 6.45) is 7.01. The highest BCUT2D eigenvalue weighted by Gasteiger charge is 2.16. The van der Waals surface area contributed by atoms with Crippen molar-refractivity contribution in [3.05, 3.63) is 109 Å². The third-order valence-electron chi connectivity index (χ3n) is 7.19. The summed E-state index contributed by atoms with van der Waals surface area (Å²) in [5.41, 5.74) is 7.27. The van der Waals surface area contributed by atoms with Crippen molar-refractivity contribution in [2.45, 2.75) is 6.42 Å². The molecule has 10 heteroatoms. The molecule has 0 bridgehead atoms. The summed E-state index contributed by atoms with van der Waals surface area (Å²) in [6, 6.07) is 21.8. The number of aromatic amines is 2. The molecule has 0 atom stereocenters. The summed E-state index contributed by atoms with van der Waals surface area (Å²) in [4.78, 5) is 29.4. The van der Waals surface area contributed by atoms with E-state index in [9.17, 15) is 9.18 Å². The van der Waals surface area contributed by atoms with Crippen LogP contribution in [0.3, 0.4) is 0 Å². The van der Waals surface area contributed by atoms with E-state index in [2.05, 4.69) is 35.5 Å². The van der Waals surface area contributed by atoms with Crippen LogP contribution in [0, 0.1) is 5.82 Å². The van der Waals surface area contributed by atoms with Crippen LogP contribution >= 0.6 is 0 Å². The van der Waals surface area contributed by atoms with Gasteiger partial charge in [-0.3, -0.25) is 14.9 Å². The predicted octanol–water partition coefficient (Wildman–Crippen LogP) is 6.56.